The van der Waals surface area contributed by atoms with Crippen LogP contribution < -0.4 is 0 Å². The predicted molar refractivity (Wildman–Crippen MR) is 47.4 cm³/mol. The van der Waals surface area contributed by atoms with Gasteiger partial charge in [-0.1, -0.05) is 18.2 Å². The normalized spacial score (nSPS) is 10.1. The Bertz CT molecular complexity index is 365. The summed E-state index contributed by atoms with van der Waals surface area (Å²) in [7, 11) is 0. The number of rotatable bonds is 1. The van der Waals surface area contributed by atoms with Crippen molar-refractivity contribution in [2.24, 2.45) is 0 Å². The lowest BCUT2D eigenvalue weighted by Gasteiger charge is -1.96. The van der Waals surface area contributed by atoms with Gasteiger partial charge in [0.25, 0.3) is 0 Å². The van der Waals surface area contributed by atoms with Crippen molar-refractivity contribution < 1.29 is 4.39 Å². The molecule has 1 aromatic heterocycles. The first-order valence-corrected chi connectivity index (χ1v) is 4.37. The van der Waals surface area contributed by atoms with Crippen LogP contribution in [0.15, 0.2) is 29.6 Å². The minimum atomic E-state index is -0.333. The highest BCUT2D eigenvalue weighted by Crippen LogP contribution is 2.25. The third kappa shape index (κ3) is 1.25. The second-order valence-corrected chi connectivity index (χ2v) is 3.24. The maximum absolute atomic E-state index is 13.1. The largest absolute Gasteiger partial charge is 0.206 e. The molecule has 2 heteroatoms. The first-order chi connectivity index (χ1) is 5.88. The van der Waals surface area contributed by atoms with Crippen LogP contribution in [0.1, 0.15) is 0 Å². The Balaban J connectivity index is 2.55. The van der Waals surface area contributed by atoms with Crippen molar-refractivity contribution in [1.29, 1.82) is 0 Å². The van der Waals surface area contributed by atoms with Crippen LogP contribution in [0, 0.1) is 17.9 Å². The quantitative estimate of drug-likeness (QED) is 0.626. The molecule has 0 aliphatic carbocycles. The number of thiophene rings is 1. The highest BCUT2D eigenvalue weighted by atomic mass is 32.1. The van der Waals surface area contributed by atoms with E-state index in [2.05, 4.69) is 12.1 Å². The third-order valence-corrected chi connectivity index (χ3v) is 2.40. The van der Waals surface area contributed by atoms with Crippen molar-refractivity contribution >= 4 is 11.3 Å². The Hall–Kier alpha value is -1.15. The molecule has 0 nitrogen and oxygen atoms in total. The van der Waals surface area contributed by atoms with Gasteiger partial charge in [0.05, 0.1) is 0 Å². The van der Waals surface area contributed by atoms with Gasteiger partial charge in [0.1, 0.15) is 5.82 Å². The van der Waals surface area contributed by atoms with Crippen LogP contribution in [-0.4, -0.2) is 0 Å². The summed E-state index contributed by atoms with van der Waals surface area (Å²) in [5.74, 6) is -0.333. The molecule has 1 heterocycles. The lowest BCUT2D eigenvalue weighted by molar-refractivity contribution is 0.629. The van der Waals surface area contributed by atoms with Gasteiger partial charge in [-0.05, 0) is 17.5 Å². The summed E-state index contributed by atoms with van der Waals surface area (Å²) < 4.78 is 13.1. The molecule has 2 radical (unpaired) electrons. The summed E-state index contributed by atoms with van der Waals surface area (Å²) in [6.45, 7) is 0. The molecule has 2 aromatic rings. The van der Waals surface area contributed by atoms with Crippen molar-refractivity contribution in [3.8, 4) is 10.4 Å². The van der Waals surface area contributed by atoms with E-state index in [-0.39, 0.29) is 5.82 Å². The average Bonchev–Trinajstić information content (AvgIpc) is 2.57. The van der Waals surface area contributed by atoms with Gasteiger partial charge in [0.15, 0.2) is 0 Å². The maximum Gasteiger partial charge on any atom is 0.140 e. The zero-order valence-corrected chi connectivity index (χ0v) is 6.99. The predicted octanol–water partition coefficient (Wildman–Crippen LogP) is 3.15. The van der Waals surface area contributed by atoms with Gasteiger partial charge in [-0.15, -0.1) is 11.3 Å². The molecule has 0 fully saturated rings. The van der Waals surface area contributed by atoms with E-state index in [1.807, 2.05) is 17.5 Å². The second-order valence-electron chi connectivity index (χ2n) is 2.29. The van der Waals surface area contributed by atoms with E-state index in [1.54, 1.807) is 6.07 Å². The fourth-order valence-corrected chi connectivity index (χ4v) is 1.70. The number of halogens is 1. The average molecular weight is 176 g/mol. The van der Waals surface area contributed by atoms with E-state index in [4.69, 9.17) is 0 Å². The van der Waals surface area contributed by atoms with Crippen molar-refractivity contribution in [3.63, 3.8) is 0 Å². The number of benzene rings is 1. The van der Waals surface area contributed by atoms with Crippen molar-refractivity contribution in [2.75, 3.05) is 0 Å². The molecule has 0 bridgehead atoms. The highest BCUT2D eigenvalue weighted by Gasteiger charge is 2.03. The molecule has 2 rings (SSSR count). The highest BCUT2D eigenvalue weighted by molar-refractivity contribution is 7.13. The summed E-state index contributed by atoms with van der Waals surface area (Å²) in [5, 5.41) is 1.91. The minimum absolute atomic E-state index is 0.333. The summed E-state index contributed by atoms with van der Waals surface area (Å²) in [5.41, 5.74) is 0.507. The SMILES string of the molecule is Fc1[c]cc[c]c1-c1cccs1. The first-order valence-electron chi connectivity index (χ1n) is 3.49. The Morgan fingerprint density at radius 2 is 2.08 bits per heavy atom. The van der Waals surface area contributed by atoms with Gasteiger partial charge < -0.3 is 0 Å². The number of hydrogen-bond donors (Lipinski definition) is 0. The molecule has 0 saturated heterocycles. The van der Waals surface area contributed by atoms with Crippen LogP contribution in [0.4, 0.5) is 4.39 Å². The third-order valence-electron chi connectivity index (χ3n) is 1.51. The molecule has 0 N–H and O–H groups in total. The first kappa shape index (κ1) is 7.50. The van der Waals surface area contributed by atoms with E-state index in [1.165, 1.54) is 17.4 Å². The molecule has 12 heavy (non-hydrogen) atoms. The van der Waals surface area contributed by atoms with Gasteiger partial charge >= 0.3 is 0 Å². The number of hydrogen-bond acceptors (Lipinski definition) is 1. The minimum Gasteiger partial charge on any atom is -0.206 e. The standard InChI is InChI=1S/C10H5FS/c11-9-5-2-1-4-8(9)10-6-3-7-12-10/h1-3,6-7H. The van der Waals surface area contributed by atoms with E-state index in [0.717, 1.165) is 4.88 Å². The van der Waals surface area contributed by atoms with Gasteiger partial charge in [-0.3, -0.25) is 0 Å². The zero-order chi connectivity index (χ0) is 8.39. The summed E-state index contributed by atoms with van der Waals surface area (Å²) in [6.07, 6.45) is 0. The smallest absolute Gasteiger partial charge is 0.140 e. The van der Waals surface area contributed by atoms with E-state index < -0.39 is 0 Å². The Morgan fingerprint density at radius 1 is 1.25 bits per heavy atom. The Kier molecular flexibility index (Phi) is 1.92. The zero-order valence-electron chi connectivity index (χ0n) is 6.17. The van der Waals surface area contributed by atoms with Gasteiger partial charge in [0.2, 0.25) is 0 Å². The molecule has 0 unspecified atom stereocenters. The van der Waals surface area contributed by atoms with Crippen LogP contribution in [0.2, 0.25) is 0 Å². The molecule has 0 aliphatic rings. The Labute approximate surface area is 74.3 Å². The van der Waals surface area contributed by atoms with E-state index in [9.17, 15) is 4.39 Å². The van der Waals surface area contributed by atoms with E-state index in [0.29, 0.717) is 5.56 Å². The monoisotopic (exact) mass is 176 g/mol. The van der Waals surface area contributed by atoms with Gasteiger partial charge in [-0.2, -0.15) is 0 Å². The molecule has 0 spiro atoms. The van der Waals surface area contributed by atoms with Gasteiger partial charge in [-0.25, -0.2) is 4.39 Å². The Morgan fingerprint density at radius 3 is 2.75 bits per heavy atom. The molecule has 0 amide bonds. The molecule has 0 atom stereocenters. The van der Waals surface area contributed by atoms with Crippen LogP contribution in [0.5, 0.6) is 0 Å². The summed E-state index contributed by atoms with van der Waals surface area (Å²) in [6, 6.07) is 12.3. The molecule has 0 saturated carbocycles. The van der Waals surface area contributed by atoms with Crippen molar-refractivity contribution in [3.05, 3.63) is 47.6 Å². The fraction of sp³-hybridized carbons (Fsp3) is 0. The molecule has 0 aliphatic heterocycles. The maximum atomic E-state index is 13.1. The van der Waals surface area contributed by atoms with Crippen LogP contribution >= 0.6 is 11.3 Å². The lowest BCUT2D eigenvalue weighted by Crippen LogP contribution is -1.79. The van der Waals surface area contributed by atoms with Crippen molar-refractivity contribution in [2.45, 2.75) is 0 Å². The second kappa shape index (κ2) is 3.07. The van der Waals surface area contributed by atoms with Gasteiger partial charge in [0, 0.05) is 16.5 Å². The van der Waals surface area contributed by atoms with Crippen LogP contribution in [0.25, 0.3) is 10.4 Å². The summed E-state index contributed by atoms with van der Waals surface area (Å²) >= 11 is 1.50. The molecule has 1 aromatic carbocycles. The van der Waals surface area contributed by atoms with Crippen LogP contribution in [0.3, 0.4) is 0 Å². The van der Waals surface area contributed by atoms with Crippen LogP contribution in [-0.2, 0) is 0 Å². The van der Waals surface area contributed by atoms with Crippen molar-refractivity contribution in [1.82, 2.24) is 0 Å². The van der Waals surface area contributed by atoms with E-state index >= 15 is 0 Å². The molecular formula is C10H5FS. The fourth-order valence-electron chi connectivity index (χ4n) is 0.975. The summed E-state index contributed by atoms with van der Waals surface area (Å²) in [4.78, 5) is 0.893. The molecule has 58 valence electrons. The topological polar surface area (TPSA) is 0 Å². The molecular weight excluding hydrogens is 171 g/mol. The lowest BCUT2D eigenvalue weighted by atomic mass is 10.2.